The number of hydrogen-bond donors (Lipinski definition) is 4. The third-order valence-electron chi connectivity index (χ3n) is 6.24. The maximum absolute atomic E-state index is 12.9. The highest BCUT2D eigenvalue weighted by molar-refractivity contribution is 5.96. The number of halogens is 3. The third kappa shape index (κ3) is 8.48. The molecule has 202 valence electrons. The van der Waals surface area contributed by atoms with Crippen molar-refractivity contribution in [3.63, 3.8) is 0 Å². The number of anilines is 1. The van der Waals surface area contributed by atoms with Gasteiger partial charge in [0, 0.05) is 31.6 Å². The first kappa shape index (κ1) is 31.9. The number of rotatable bonds is 7. The zero-order valence-corrected chi connectivity index (χ0v) is 22.9. The number of aromatic nitrogens is 2. The van der Waals surface area contributed by atoms with Gasteiger partial charge < -0.3 is 26.8 Å². The van der Waals surface area contributed by atoms with E-state index in [1.54, 1.807) is 0 Å². The molecule has 1 aromatic heterocycles. The third-order valence-corrected chi connectivity index (χ3v) is 6.24. The second kappa shape index (κ2) is 15.2. The first-order valence-corrected chi connectivity index (χ1v) is 11.7. The molecule has 36 heavy (non-hydrogen) atoms. The number of nitrogens with two attached hydrogens (primary N) is 2. The van der Waals surface area contributed by atoms with E-state index in [9.17, 15) is 4.79 Å². The number of carbonyl (C=O) groups is 1. The van der Waals surface area contributed by atoms with E-state index >= 15 is 0 Å². The Morgan fingerprint density at radius 3 is 2.58 bits per heavy atom. The predicted molar refractivity (Wildman–Crippen MR) is 151 cm³/mol. The van der Waals surface area contributed by atoms with Crippen LogP contribution in [-0.2, 0) is 4.74 Å². The molecule has 13 heteroatoms. The number of guanidine groups is 1. The fourth-order valence-corrected chi connectivity index (χ4v) is 4.49. The zero-order valence-electron chi connectivity index (χ0n) is 20.4. The average molecular weight is 564 g/mol. The van der Waals surface area contributed by atoms with Crippen molar-refractivity contribution < 1.29 is 9.53 Å². The summed E-state index contributed by atoms with van der Waals surface area (Å²) in [5, 5.41) is 7.38. The van der Waals surface area contributed by atoms with Gasteiger partial charge in [-0.25, -0.2) is 15.0 Å². The summed E-state index contributed by atoms with van der Waals surface area (Å²) in [4.78, 5) is 28.8. The Balaban J connectivity index is 0.00000216. The second-order valence-corrected chi connectivity index (χ2v) is 8.78. The van der Waals surface area contributed by atoms with Crippen molar-refractivity contribution in [2.24, 2.45) is 16.5 Å². The molecule has 4 rings (SSSR count). The Bertz CT molecular complexity index is 1020. The first-order valence-electron chi connectivity index (χ1n) is 11.7. The molecule has 1 aliphatic heterocycles. The zero-order chi connectivity index (χ0) is 23.2. The molecule has 0 bridgehead atoms. The summed E-state index contributed by atoms with van der Waals surface area (Å²) in [6.07, 6.45) is 4.01. The van der Waals surface area contributed by atoms with E-state index in [4.69, 9.17) is 16.2 Å². The summed E-state index contributed by atoms with van der Waals surface area (Å²) in [7, 11) is 0. The van der Waals surface area contributed by atoms with Gasteiger partial charge in [-0.05, 0) is 31.9 Å². The number of aryl methyl sites for hydroxylation is 1. The monoisotopic (exact) mass is 562 g/mol. The van der Waals surface area contributed by atoms with E-state index < -0.39 is 0 Å². The van der Waals surface area contributed by atoms with Crippen molar-refractivity contribution in [1.82, 2.24) is 20.2 Å². The molecule has 0 unspecified atom stereocenters. The van der Waals surface area contributed by atoms with Crippen molar-refractivity contribution in [2.75, 3.05) is 44.7 Å². The van der Waals surface area contributed by atoms with Gasteiger partial charge in [0.1, 0.15) is 5.82 Å². The van der Waals surface area contributed by atoms with E-state index in [1.165, 1.54) is 0 Å². The van der Waals surface area contributed by atoms with Crippen molar-refractivity contribution in [1.29, 1.82) is 0 Å². The lowest BCUT2D eigenvalue weighted by atomic mass is 9.90. The van der Waals surface area contributed by atoms with Crippen LogP contribution in [-0.4, -0.2) is 78.2 Å². The molecule has 6 N–H and O–H groups in total. The Hall–Kier alpha value is -2.11. The predicted octanol–water partition coefficient (Wildman–Crippen LogP) is 2.26. The van der Waals surface area contributed by atoms with Crippen LogP contribution in [0.2, 0.25) is 0 Å². The van der Waals surface area contributed by atoms with Gasteiger partial charge in [0.2, 0.25) is 5.82 Å². The van der Waals surface area contributed by atoms with E-state index in [1.807, 2.05) is 25.1 Å². The van der Waals surface area contributed by atoms with Crippen LogP contribution in [0.15, 0.2) is 23.2 Å². The van der Waals surface area contributed by atoms with Crippen LogP contribution in [0, 0.1) is 6.92 Å². The number of carbonyl (C=O) groups excluding carboxylic acids is 1. The molecule has 2 fully saturated rings. The van der Waals surface area contributed by atoms with Crippen LogP contribution in [0.1, 0.15) is 41.9 Å². The fraction of sp³-hybridized carbons (Fsp3) is 0.565. The smallest absolute Gasteiger partial charge is 0.289 e. The molecule has 0 radical (unpaired) electrons. The Labute approximate surface area is 230 Å². The number of benzene rings is 1. The first-order chi connectivity index (χ1) is 16.0. The highest BCUT2D eigenvalue weighted by Crippen LogP contribution is 2.28. The molecular formula is C23H37Cl3N8O2. The van der Waals surface area contributed by atoms with Crippen molar-refractivity contribution >= 4 is 65.8 Å². The van der Waals surface area contributed by atoms with Crippen LogP contribution >= 0.6 is 37.2 Å². The minimum absolute atomic E-state index is 0. The maximum Gasteiger partial charge on any atom is 0.289 e. The minimum Gasteiger partial charge on any atom is -0.379 e. The van der Waals surface area contributed by atoms with E-state index in [-0.39, 0.29) is 67.0 Å². The van der Waals surface area contributed by atoms with Crippen molar-refractivity contribution in [3.05, 3.63) is 29.6 Å². The SMILES string of the molecule is Cc1ccc2nc(C(=O)NCCN3CCOCC3)nc(N[C@H]3CCCC[C@H]3N=C(N)N)c2c1.Cl.Cl.Cl. The van der Waals surface area contributed by atoms with Crippen LogP contribution in [0.5, 0.6) is 0 Å². The molecule has 1 amide bonds. The molecule has 2 aliphatic rings. The van der Waals surface area contributed by atoms with Gasteiger partial charge in [0.15, 0.2) is 5.96 Å². The molecule has 1 saturated heterocycles. The number of aliphatic imine (C=N–C) groups is 1. The van der Waals surface area contributed by atoms with Gasteiger partial charge in [0.05, 0.1) is 30.8 Å². The highest BCUT2D eigenvalue weighted by atomic mass is 35.5. The molecule has 1 aromatic carbocycles. The molecule has 2 heterocycles. The van der Waals surface area contributed by atoms with E-state index in [2.05, 4.69) is 30.5 Å². The number of amides is 1. The standard InChI is InChI=1S/C23H34N8O2.3ClH/c1-15-6-7-17-16(14-15)20(28-18-4-2-3-5-19(18)29-23(24)25)30-21(27-17)22(32)26-8-9-31-10-12-33-13-11-31;;;/h6-7,14,18-19H,2-5,8-13H2,1H3,(H,26,32)(H4,24,25,29)(H,27,28,30);3*1H/t18-,19+;;;/m0.../s1. The molecular weight excluding hydrogens is 527 g/mol. The van der Waals surface area contributed by atoms with Crippen LogP contribution in [0.4, 0.5) is 5.82 Å². The summed E-state index contributed by atoms with van der Waals surface area (Å²) in [5.74, 6) is 0.616. The van der Waals surface area contributed by atoms with E-state index in [0.717, 1.165) is 75.0 Å². The number of fused-ring (bicyclic) bond motifs is 1. The maximum atomic E-state index is 12.9. The van der Waals surface area contributed by atoms with Gasteiger partial charge in [-0.1, -0.05) is 24.5 Å². The largest absolute Gasteiger partial charge is 0.379 e. The Morgan fingerprint density at radius 2 is 1.86 bits per heavy atom. The van der Waals surface area contributed by atoms with Gasteiger partial charge in [-0.2, -0.15) is 0 Å². The van der Waals surface area contributed by atoms with Gasteiger partial charge >= 0.3 is 0 Å². The highest BCUT2D eigenvalue weighted by Gasteiger charge is 2.26. The molecule has 0 spiro atoms. The lowest BCUT2D eigenvalue weighted by Crippen LogP contribution is -2.41. The summed E-state index contributed by atoms with van der Waals surface area (Å²) in [5.41, 5.74) is 13.2. The number of nitrogens with zero attached hydrogens (tertiary/aromatic N) is 4. The Morgan fingerprint density at radius 1 is 1.14 bits per heavy atom. The fourth-order valence-electron chi connectivity index (χ4n) is 4.49. The lowest BCUT2D eigenvalue weighted by Gasteiger charge is -2.30. The second-order valence-electron chi connectivity index (χ2n) is 8.78. The topological polar surface area (TPSA) is 144 Å². The van der Waals surface area contributed by atoms with Crippen molar-refractivity contribution in [2.45, 2.75) is 44.7 Å². The summed E-state index contributed by atoms with van der Waals surface area (Å²) < 4.78 is 5.37. The summed E-state index contributed by atoms with van der Waals surface area (Å²) in [6.45, 7) is 6.57. The Kier molecular flexibility index (Phi) is 13.5. The summed E-state index contributed by atoms with van der Waals surface area (Å²) >= 11 is 0. The van der Waals surface area contributed by atoms with Gasteiger partial charge in [0.25, 0.3) is 5.91 Å². The van der Waals surface area contributed by atoms with Gasteiger partial charge in [-0.15, -0.1) is 37.2 Å². The molecule has 2 atom stereocenters. The minimum atomic E-state index is -0.279. The van der Waals surface area contributed by atoms with Crippen molar-refractivity contribution in [3.8, 4) is 0 Å². The quantitative estimate of drug-likeness (QED) is 0.297. The normalized spacial score (nSPS) is 19.7. The average Bonchev–Trinajstić information content (AvgIpc) is 2.81. The number of nitrogens with one attached hydrogen (secondary N) is 2. The number of hydrogen-bond acceptors (Lipinski definition) is 7. The molecule has 1 saturated carbocycles. The summed E-state index contributed by atoms with van der Waals surface area (Å²) in [6, 6.07) is 5.97. The van der Waals surface area contributed by atoms with E-state index in [0.29, 0.717) is 12.4 Å². The molecule has 1 aliphatic carbocycles. The number of ether oxygens (including phenoxy) is 1. The molecule has 10 nitrogen and oxygen atoms in total. The molecule has 2 aromatic rings. The number of morpholine rings is 1. The van der Waals surface area contributed by atoms with Gasteiger partial charge in [-0.3, -0.25) is 9.69 Å². The van der Waals surface area contributed by atoms with Crippen LogP contribution in [0.25, 0.3) is 10.9 Å². The van der Waals surface area contributed by atoms with Crippen LogP contribution in [0.3, 0.4) is 0 Å². The van der Waals surface area contributed by atoms with Crippen LogP contribution < -0.4 is 22.1 Å². The lowest BCUT2D eigenvalue weighted by molar-refractivity contribution is 0.0383.